The summed E-state index contributed by atoms with van der Waals surface area (Å²) in [7, 11) is 0. The van der Waals surface area contributed by atoms with Gasteiger partial charge in [-0.3, -0.25) is 0 Å². The maximum absolute atomic E-state index is 6.35. The molecule has 1 fully saturated rings. The molecule has 3 nitrogen and oxygen atoms in total. The van der Waals surface area contributed by atoms with Gasteiger partial charge in [-0.2, -0.15) is 0 Å². The first kappa shape index (κ1) is 15.5. The molecule has 1 aromatic rings. The normalized spacial score (nSPS) is 21.8. The molecule has 1 heterocycles. The number of ether oxygens (including phenoxy) is 2. The van der Waals surface area contributed by atoms with Crippen molar-refractivity contribution in [2.45, 2.75) is 57.3 Å². The van der Waals surface area contributed by atoms with Crippen molar-refractivity contribution in [3.8, 4) is 0 Å². The third-order valence-corrected chi connectivity index (χ3v) is 3.95. The van der Waals surface area contributed by atoms with Crippen LogP contribution in [0.1, 0.15) is 50.7 Å². The highest BCUT2D eigenvalue weighted by Crippen LogP contribution is 2.24. The second-order valence-corrected chi connectivity index (χ2v) is 5.52. The second kappa shape index (κ2) is 8.40. The Hall–Kier alpha value is -0.900. The zero-order valence-electron chi connectivity index (χ0n) is 12.5. The lowest BCUT2D eigenvalue weighted by molar-refractivity contribution is 0.0387. The van der Waals surface area contributed by atoms with Gasteiger partial charge < -0.3 is 15.2 Å². The molecule has 3 unspecified atom stereocenters. The third-order valence-electron chi connectivity index (χ3n) is 3.95. The van der Waals surface area contributed by atoms with E-state index < -0.39 is 0 Å². The number of nitrogens with two attached hydrogens (primary N) is 1. The van der Waals surface area contributed by atoms with E-state index in [1.807, 2.05) is 25.1 Å². The summed E-state index contributed by atoms with van der Waals surface area (Å²) < 4.78 is 11.5. The van der Waals surface area contributed by atoms with Crippen molar-refractivity contribution in [2.75, 3.05) is 13.2 Å². The Morgan fingerprint density at radius 2 is 2.15 bits per heavy atom. The molecule has 1 saturated heterocycles. The van der Waals surface area contributed by atoms with Crippen LogP contribution in [0.2, 0.25) is 0 Å². The summed E-state index contributed by atoms with van der Waals surface area (Å²) in [5.41, 5.74) is 7.53. The molecule has 2 rings (SSSR count). The van der Waals surface area contributed by atoms with Crippen LogP contribution in [0.5, 0.6) is 0 Å². The number of rotatable bonds is 8. The zero-order valence-corrected chi connectivity index (χ0v) is 12.5. The highest BCUT2D eigenvalue weighted by molar-refractivity contribution is 5.19. The fraction of sp³-hybridized carbons (Fsp3) is 0.647. The van der Waals surface area contributed by atoms with Gasteiger partial charge >= 0.3 is 0 Å². The van der Waals surface area contributed by atoms with E-state index in [9.17, 15) is 0 Å². The molecule has 1 aromatic carbocycles. The summed E-state index contributed by atoms with van der Waals surface area (Å²) in [6.45, 7) is 3.65. The van der Waals surface area contributed by atoms with Gasteiger partial charge in [-0.25, -0.2) is 0 Å². The Morgan fingerprint density at radius 3 is 2.80 bits per heavy atom. The van der Waals surface area contributed by atoms with Crippen LogP contribution in [-0.2, 0) is 9.47 Å². The van der Waals surface area contributed by atoms with Gasteiger partial charge in [0.25, 0.3) is 0 Å². The molecule has 0 saturated carbocycles. The summed E-state index contributed by atoms with van der Waals surface area (Å²) in [4.78, 5) is 0. The predicted molar refractivity (Wildman–Crippen MR) is 81.6 cm³/mol. The van der Waals surface area contributed by atoms with E-state index >= 15 is 0 Å². The van der Waals surface area contributed by atoms with Crippen LogP contribution in [0, 0.1) is 0 Å². The van der Waals surface area contributed by atoms with Crippen molar-refractivity contribution < 1.29 is 9.47 Å². The second-order valence-electron chi connectivity index (χ2n) is 5.52. The lowest BCUT2D eigenvalue weighted by Crippen LogP contribution is -2.30. The Kier molecular flexibility index (Phi) is 6.51. The van der Waals surface area contributed by atoms with E-state index in [1.54, 1.807) is 0 Å². The van der Waals surface area contributed by atoms with Crippen LogP contribution in [0.3, 0.4) is 0 Å². The predicted octanol–water partition coefficient (Wildman–Crippen LogP) is 3.44. The van der Waals surface area contributed by atoms with Crippen LogP contribution in [0.25, 0.3) is 0 Å². The highest BCUT2D eigenvalue weighted by Gasteiger charge is 2.21. The van der Waals surface area contributed by atoms with E-state index in [0.717, 1.165) is 25.9 Å². The Morgan fingerprint density at radius 1 is 1.35 bits per heavy atom. The van der Waals surface area contributed by atoms with E-state index in [-0.39, 0.29) is 12.1 Å². The minimum absolute atomic E-state index is 0.00527. The van der Waals surface area contributed by atoms with E-state index in [0.29, 0.717) is 12.7 Å². The Labute approximate surface area is 122 Å². The number of benzene rings is 1. The summed E-state index contributed by atoms with van der Waals surface area (Å²) in [6.07, 6.45) is 6.11. The van der Waals surface area contributed by atoms with Crippen molar-refractivity contribution in [1.82, 2.24) is 0 Å². The van der Waals surface area contributed by atoms with Gasteiger partial charge in [-0.05, 0) is 44.6 Å². The van der Waals surface area contributed by atoms with E-state index in [2.05, 4.69) is 12.1 Å². The molecular weight excluding hydrogens is 250 g/mol. The number of hydrogen-bond donors (Lipinski definition) is 1. The summed E-state index contributed by atoms with van der Waals surface area (Å²) in [5, 5.41) is 0. The van der Waals surface area contributed by atoms with Crippen LogP contribution in [-0.4, -0.2) is 25.4 Å². The molecule has 2 N–H and O–H groups in total. The lowest BCUT2D eigenvalue weighted by Gasteiger charge is -2.24. The molecule has 0 radical (unpaired) electrons. The van der Waals surface area contributed by atoms with Gasteiger partial charge in [-0.1, -0.05) is 30.3 Å². The topological polar surface area (TPSA) is 44.5 Å². The molecule has 0 amide bonds. The van der Waals surface area contributed by atoms with Gasteiger partial charge in [0.1, 0.15) is 0 Å². The van der Waals surface area contributed by atoms with Gasteiger partial charge in [0.2, 0.25) is 0 Å². The molecule has 20 heavy (non-hydrogen) atoms. The Bertz CT molecular complexity index is 363. The van der Waals surface area contributed by atoms with Crippen molar-refractivity contribution >= 4 is 0 Å². The average Bonchev–Trinajstić information content (AvgIpc) is 2.99. The van der Waals surface area contributed by atoms with Crippen LogP contribution < -0.4 is 5.73 Å². The molecule has 1 aliphatic heterocycles. The van der Waals surface area contributed by atoms with Crippen molar-refractivity contribution in [3.63, 3.8) is 0 Å². The third kappa shape index (κ3) is 4.58. The maximum Gasteiger partial charge on any atom is 0.0975 e. The zero-order chi connectivity index (χ0) is 14.2. The summed E-state index contributed by atoms with van der Waals surface area (Å²) >= 11 is 0. The van der Waals surface area contributed by atoms with Crippen LogP contribution in [0.4, 0.5) is 0 Å². The van der Waals surface area contributed by atoms with Gasteiger partial charge in [0.15, 0.2) is 0 Å². The largest absolute Gasteiger partial charge is 0.378 e. The van der Waals surface area contributed by atoms with Gasteiger partial charge in [0, 0.05) is 19.3 Å². The van der Waals surface area contributed by atoms with Crippen LogP contribution >= 0.6 is 0 Å². The molecule has 112 valence electrons. The first-order chi connectivity index (χ1) is 9.81. The molecule has 0 aliphatic carbocycles. The monoisotopic (exact) mass is 277 g/mol. The van der Waals surface area contributed by atoms with Crippen molar-refractivity contribution in [1.29, 1.82) is 0 Å². The average molecular weight is 277 g/mol. The molecule has 0 aromatic heterocycles. The standard InChI is InChI=1S/C17H27NO2/c1-2-19-17(14-8-4-3-5-9-14)16(18)12-6-10-15-11-7-13-20-15/h3-5,8-9,15-17H,2,6-7,10-13,18H2,1H3. The molecular formula is C17H27NO2. The molecule has 0 spiro atoms. The number of hydrogen-bond acceptors (Lipinski definition) is 3. The smallest absolute Gasteiger partial charge is 0.0975 e. The SMILES string of the molecule is CCOC(c1ccccc1)C(N)CCCC1CCCO1. The first-order valence-corrected chi connectivity index (χ1v) is 7.85. The highest BCUT2D eigenvalue weighted by atomic mass is 16.5. The lowest BCUT2D eigenvalue weighted by atomic mass is 9.97. The molecule has 3 atom stereocenters. The molecule has 0 bridgehead atoms. The molecule has 3 heteroatoms. The summed E-state index contributed by atoms with van der Waals surface area (Å²) in [5.74, 6) is 0. The van der Waals surface area contributed by atoms with Crippen molar-refractivity contribution in [2.24, 2.45) is 5.73 Å². The van der Waals surface area contributed by atoms with E-state index in [4.69, 9.17) is 15.2 Å². The first-order valence-electron chi connectivity index (χ1n) is 7.85. The molecule has 1 aliphatic rings. The fourth-order valence-electron chi connectivity index (χ4n) is 2.89. The maximum atomic E-state index is 6.35. The van der Waals surface area contributed by atoms with Crippen LogP contribution in [0.15, 0.2) is 30.3 Å². The Balaban J connectivity index is 1.81. The summed E-state index contributed by atoms with van der Waals surface area (Å²) in [6, 6.07) is 10.4. The minimum Gasteiger partial charge on any atom is -0.378 e. The van der Waals surface area contributed by atoms with Gasteiger partial charge in [0.05, 0.1) is 12.2 Å². The minimum atomic E-state index is 0.00527. The van der Waals surface area contributed by atoms with Crippen molar-refractivity contribution in [3.05, 3.63) is 35.9 Å². The quantitative estimate of drug-likeness (QED) is 0.791. The van der Waals surface area contributed by atoms with E-state index in [1.165, 1.54) is 18.4 Å². The van der Waals surface area contributed by atoms with Gasteiger partial charge in [-0.15, -0.1) is 0 Å². The fourth-order valence-corrected chi connectivity index (χ4v) is 2.89.